The van der Waals surface area contributed by atoms with E-state index >= 15 is 0 Å². The van der Waals surface area contributed by atoms with E-state index in [-0.39, 0.29) is 5.91 Å². The van der Waals surface area contributed by atoms with E-state index in [1.54, 1.807) is 0 Å². The number of carbonyl (C=O) groups excluding carboxylic acids is 1. The van der Waals surface area contributed by atoms with Gasteiger partial charge in [0, 0.05) is 5.39 Å². The molecule has 146 valence electrons. The second-order valence-electron chi connectivity index (χ2n) is 6.63. The van der Waals surface area contributed by atoms with Crippen LogP contribution < -0.4 is 14.8 Å². The maximum atomic E-state index is 12.5. The number of benzene rings is 3. The topological polar surface area (TPSA) is 47.6 Å². The van der Waals surface area contributed by atoms with Crippen molar-refractivity contribution in [3.05, 3.63) is 72.3 Å². The maximum absolute atomic E-state index is 12.5. The number of ether oxygens (including phenoxy) is 2. The number of hydrogen-bond acceptors (Lipinski definition) is 3. The largest absolute Gasteiger partial charge is 0.492 e. The minimum atomic E-state index is -0.533. The Morgan fingerprint density at radius 1 is 0.964 bits per heavy atom. The molecule has 0 spiro atoms. The summed E-state index contributed by atoms with van der Waals surface area (Å²) < 4.78 is 11.7. The number of aryl methyl sites for hydroxylation is 1. The Bertz CT molecular complexity index is 900. The molecule has 1 atom stereocenters. The molecule has 4 nitrogen and oxygen atoms in total. The van der Waals surface area contributed by atoms with Gasteiger partial charge < -0.3 is 14.8 Å². The molecule has 0 aliphatic heterocycles. The van der Waals surface area contributed by atoms with Crippen molar-refractivity contribution in [2.75, 3.05) is 13.2 Å². The standard InChI is InChI=1S/C24H27NO3/c1-3-18-12-14-20(15-13-18)27-17-16-25-24(26)22(4-2)28-23-11-7-9-19-8-5-6-10-21(19)23/h5-15,22H,3-4,16-17H2,1-2H3,(H,25,26). The molecule has 4 heteroatoms. The van der Waals surface area contributed by atoms with Gasteiger partial charge in [-0.2, -0.15) is 0 Å². The van der Waals surface area contributed by atoms with Crippen LogP contribution in [0, 0.1) is 0 Å². The van der Waals surface area contributed by atoms with Crippen LogP contribution in [-0.2, 0) is 11.2 Å². The first-order chi connectivity index (χ1) is 13.7. The molecule has 1 unspecified atom stereocenters. The summed E-state index contributed by atoms with van der Waals surface area (Å²) >= 11 is 0. The lowest BCUT2D eigenvalue weighted by molar-refractivity contribution is -0.128. The number of rotatable bonds is 9. The number of amides is 1. The van der Waals surface area contributed by atoms with E-state index in [1.165, 1.54) is 5.56 Å². The summed E-state index contributed by atoms with van der Waals surface area (Å²) in [4.78, 5) is 12.5. The van der Waals surface area contributed by atoms with E-state index in [4.69, 9.17) is 9.47 Å². The highest BCUT2D eigenvalue weighted by atomic mass is 16.5. The average molecular weight is 377 g/mol. The molecule has 0 fully saturated rings. The Kier molecular flexibility index (Phi) is 6.90. The quantitative estimate of drug-likeness (QED) is 0.547. The van der Waals surface area contributed by atoms with Crippen LogP contribution >= 0.6 is 0 Å². The molecule has 3 aromatic carbocycles. The lowest BCUT2D eigenvalue weighted by Gasteiger charge is -2.18. The lowest BCUT2D eigenvalue weighted by atomic mass is 10.1. The van der Waals surface area contributed by atoms with Gasteiger partial charge in [-0.1, -0.05) is 62.4 Å². The monoisotopic (exact) mass is 377 g/mol. The van der Waals surface area contributed by atoms with Gasteiger partial charge in [0.05, 0.1) is 6.54 Å². The fourth-order valence-corrected chi connectivity index (χ4v) is 3.05. The molecule has 0 saturated carbocycles. The van der Waals surface area contributed by atoms with Crippen molar-refractivity contribution in [1.29, 1.82) is 0 Å². The van der Waals surface area contributed by atoms with Crippen LogP contribution in [0.1, 0.15) is 25.8 Å². The fraction of sp³-hybridized carbons (Fsp3) is 0.292. The summed E-state index contributed by atoms with van der Waals surface area (Å²) in [6.45, 7) is 4.92. The third kappa shape index (κ3) is 5.03. The Labute approximate surface area is 166 Å². The van der Waals surface area contributed by atoms with Gasteiger partial charge in [-0.25, -0.2) is 0 Å². The molecule has 1 N–H and O–H groups in total. The molecule has 3 rings (SSSR count). The first-order valence-corrected chi connectivity index (χ1v) is 9.85. The molecule has 0 radical (unpaired) electrons. The number of nitrogens with one attached hydrogen (secondary N) is 1. The first kappa shape index (κ1) is 19.7. The minimum absolute atomic E-state index is 0.125. The van der Waals surface area contributed by atoms with E-state index in [9.17, 15) is 4.79 Å². The molecular weight excluding hydrogens is 350 g/mol. The molecule has 28 heavy (non-hydrogen) atoms. The zero-order valence-electron chi connectivity index (χ0n) is 16.5. The highest BCUT2D eigenvalue weighted by Crippen LogP contribution is 2.26. The molecule has 0 saturated heterocycles. The summed E-state index contributed by atoms with van der Waals surface area (Å²) in [7, 11) is 0. The summed E-state index contributed by atoms with van der Waals surface area (Å²) in [6.07, 6.45) is 1.06. The van der Waals surface area contributed by atoms with Crippen LogP contribution in [0.2, 0.25) is 0 Å². The molecule has 0 aliphatic carbocycles. The zero-order valence-corrected chi connectivity index (χ0v) is 16.5. The number of carbonyl (C=O) groups is 1. The summed E-state index contributed by atoms with van der Waals surface area (Å²) in [5.41, 5.74) is 1.28. The average Bonchev–Trinajstić information content (AvgIpc) is 2.75. The Balaban J connectivity index is 1.51. The van der Waals surface area contributed by atoms with Crippen LogP contribution in [0.25, 0.3) is 10.8 Å². The van der Waals surface area contributed by atoms with Crippen molar-refractivity contribution >= 4 is 16.7 Å². The second kappa shape index (κ2) is 9.79. The van der Waals surface area contributed by atoms with Crippen molar-refractivity contribution in [1.82, 2.24) is 5.32 Å². The Morgan fingerprint density at radius 3 is 2.46 bits per heavy atom. The molecule has 0 aliphatic rings. The molecule has 3 aromatic rings. The minimum Gasteiger partial charge on any atom is -0.492 e. The highest BCUT2D eigenvalue weighted by molar-refractivity contribution is 5.89. The number of hydrogen-bond donors (Lipinski definition) is 1. The fourth-order valence-electron chi connectivity index (χ4n) is 3.05. The first-order valence-electron chi connectivity index (χ1n) is 9.85. The van der Waals surface area contributed by atoms with Crippen molar-refractivity contribution in [2.24, 2.45) is 0 Å². The van der Waals surface area contributed by atoms with Gasteiger partial charge >= 0.3 is 0 Å². The van der Waals surface area contributed by atoms with Crippen molar-refractivity contribution < 1.29 is 14.3 Å². The molecule has 0 aromatic heterocycles. The van der Waals surface area contributed by atoms with E-state index < -0.39 is 6.10 Å². The molecular formula is C24H27NO3. The van der Waals surface area contributed by atoms with Gasteiger partial charge in [-0.05, 0) is 42.0 Å². The molecule has 0 heterocycles. The van der Waals surface area contributed by atoms with Crippen LogP contribution in [0.4, 0.5) is 0 Å². The van der Waals surface area contributed by atoms with Crippen molar-refractivity contribution in [3.63, 3.8) is 0 Å². The lowest BCUT2D eigenvalue weighted by Crippen LogP contribution is -2.39. The highest BCUT2D eigenvalue weighted by Gasteiger charge is 2.18. The third-order valence-electron chi connectivity index (χ3n) is 4.68. The van der Waals surface area contributed by atoms with Crippen molar-refractivity contribution in [3.8, 4) is 11.5 Å². The van der Waals surface area contributed by atoms with Gasteiger partial charge in [0.15, 0.2) is 6.10 Å². The molecule has 0 bridgehead atoms. The van der Waals surface area contributed by atoms with Gasteiger partial charge in [-0.15, -0.1) is 0 Å². The summed E-state index contributed by atoms with van der Waals surface area (Å²) in [5, 5.41) is 5.01. The van der Waals surface area contributed by atoms with E-state index in [0.717, 1.165) is 28.7 Å². The van der Waals surface area contributed by atoms with E-state index in [1.807, 2.05) is 61.5 Å². The second-order valence-corrected chi connectivity index (χ2v) is 6.63. The predicted molar refractivity (Wildman–Crippen MR) is 113 cm³/mol. The van der Waals surface area contributed by atoms with Gasteiger partial charge in [-0.3, -0.25) is 4.79 Å². The van der Waals surface area contributed by atoms with E-state index in [0.29, 0.717) is 19.6 Å². The van der Waals surface area contributed by atoms with Crippen molar-refractivity contribution in [2.45, 2.75) is 32.8 Å². The van der Waals surface area contributed by atoms with Crippen LogP contribution in [-0.4, -0.2) is 25.2 Å². The van der Waals surface area contributed by atoms with Crippen LogP contribution in [0.15, 0.2) is 66.7 Å². The SMILES string of the molecule is CCc1ccc(OCCNC(=O)C(CC)Oc2cccc3ccccc23)cc1. The van der Waals surface area contributed by atoms with Crippen LogP contribution in [0.3, 0.4) is 0 Å². The van der Waals surface area contributed by atoms with E-state index in [2.05, 4.69) is 24.4 Å². The normalized spacial score (nSPS) is 11.8. The predicted octanol–water partition coefficient (Wildman–Crippen LogP) is 4.75. The summed E-state index contributed by atoms with van der Waals surface area (Å²) in [5.74, 6) is 1.42. The van der Waals surface area contributed by atoms with Crippen LogP contribution in [0.5, 0.6) is 11.5 Å². The smallest absolute Gasteiger partial charge is 0.261 e. The van der Waals surface area contributed by atoms with Gasteiger partial charge in [0.2, 0.25) is 0 Å². The molecule has 1 amide bonds. The summed E-state index contributed by atoms with van der Waals surface area (Å²) in [6, 6.07) is 21.9. The Hall–Kier alpha value is -3.01. The van der Waals surface area contributed by atoms with Gasteiger partial charge in [0.25, 0.3) is 5.91 Å². The Morgan fingerprint density at radius 2 is 1.71 bits per heavy atom. The zero-order chi connectivity index (χ0) is 19.8. The third-order valence-corrected chi connectivity index (χ3v) is 4.68. The van der Waals surface area contributed by atoms with Gasteiger partial charge in [0.1, 0.15) is 18.1 Å². The maximum Gasteiger partial charge on any atom is 0.261 e. The number of fused-ring (bicyclic) bond motifs is 1.